The minimum absolute atomic E-state index is 0.0728. The summed E-state index contributed by atoms with van der Waals surface area (Å²) in [6, 6.07) is 17.4. The van der Waals surface area contributed by atoms with Crippen molar-refractivity contribution in [1.82, 2.24) is 10.2 Å². The minimum Gasteiger partial charge on any atom is -0.466 e. The Morgan fingerprint density at radius 2 is 1.50 bits per heavy atom. The fourth-order valence-electron chi connectivity index (χ4n) is 4.39. The second-order valence-corrected chi connectivity index (χ2v) is 9.10. The predicted octanol–water partition coefficient (Wildman–Crippen LogP) is 6.87. The van der Waals surface area contributed by atoms with Gasteiger partial charge < -0.3 is 15.0 Å². The number of hydrogen-bond donors (Lipinski definition) is 1. The Morgan fingerprint density at radius 1 is 0.875 bits per heavy atom. The van der Waals surface area contributed by atoms with Crippen LogP contribution in [0.1, 0.15) is 40.8 Å². The SMILES string of the molecule is COC(=O)C1=C(C)N(Cc2cccc(C(F)(F)F)c2)C(=NCc2ccccc2)NC1c1ccc(C(F)(F)F)cc1. The average Bonchev–Trinajstić information content (AvgIpc) is 2.92. The maximum absolute atomic E-state index is 13.4. The summed E-state index contributed by atoms with van der Waals surface area (Å²) in [7, 11) is 1.17. The van der Waals surface area contributed by atoms with Gasteiger partial charge in [0.15, 0.2) is 5.96 Å². The highest BCUT2D eigenvalue weighted by molar-refractivity contribution is 5.96. The zero-order valence-electron chi connectivity index (χ0n) is 21.5. The number of nitrogens with zero attached hydrogens (tertiary/aromatic N) is 2. The number of carbonyl (C=O) groups is 1. The van der Waals surface area contributed by atoms with Gasteiger partial charge in [0, 0.05) is 5.70 Å². The standard InChI is InChI=1S/C29H25F6N3O2/c1-18-24(26(39)40-2)25(21-11-13-22(14-12-21)28(30,31)32)37-27(36-16-19-7-4-3-5-8-19)38(18)17-20-9-6-10-23(15-20)29(33,34)35/h3-15,25H,16-17H2,1-2H3,(H,36,37). The van der Waals surface area contributed by atoms with Crippen molar-refractivity contribution in [3.63, 3.8) is 0 Å². The molecular weight excluding hydrogens is 536 g/mol. The van der Waals surface area contributed by atoms with Crippen molar-refractivity contribution in [2.75, 3.05) is 7.11 Å². The molecule has 1 N–H and O–H groups in total. The molecule has 1 heterocycles. The number of aliphatic imine (C=N–C) groups is 1. The molecule has 40 heavy (non-hydrogen) atoms. The number of allylic oxidation sites excluding steroid dienone is 1. The van der Waals surface area contributed by atoms with E-state index in [2.05, 4.69) is 10.3 Å². The van der Waals surface area contributed by atoms with Crippen molar-refractivity contribution in [1.29, 1.82) is 0 Å². The molecule has 3 aromatic carbocycles. The van der Waals surface area contributed by atoms with Gasteiger partial charge in [-0.1, -0.05) is 54.6 Å². The van der Waals surface area contributed by atoms with Crippen molar-refractivity contribution >= 4 is 11.9 Å². The number of esters is 1. The monoisotopic (exact) mass is 561 g/mol. The van der Waals surface area contributed by atoms with Crippen LogP contribution in [-0.4, -0.2) is 23.9 Å². The number of carbonyl (C=O) groups excluding carboxylic acids is 1. The Morgan fingerprint density at radius 3 is 2.10 bits per heavy atom. The number of hydrogen-bond acceptors (Lipinski definition) is 3. The van der Waals surface area contributed by atoms with Gasteiger partial charge in [-0.25, -0.2) is 9.79 Å². The van der Waals surface area contributed by atoms with Crippen LogP contribution >= 0.6 is 0 Å². The molecular formula is C29H25F6N3O2. The van der Waals surface area contributed by atoms with Gasteiger partial charge in [-0.15, -0.1) is 0 Å². The Kier molecular flexibility index (Phi) is 8.22. The molecule has 1 aliphatic heterocycles. The minimum atomic E-state index is -4.55. The van der Waals surface area contributed by atoms with Crippen LogP contribution in [0.15, 0.2) is 95.1 Å². The summed E-state index contributed by atoms with van der Waals surface area (Å²) < 4.78 is 84.6. The van der Waals surface area contributed by atoms with Gasteiger partial charge >= 0.3 is 18.3 Å². The van der Waals surface area contributed by atoms with Gasteiger partial charge in [0.25, 0.3) is 0 Å². The van der Waals surface area contributed by atoms with E-state index >= 15 is 0 Å². The van der Waals surface area contributed by atoms with Crippen LogP contribution in [-0.2, 0) is 35.0 Å². The normalized spacial score (nSPS) is 17.1. The number of rotatable bonds is 6. The lowest BCUT2D eigenvalue weighted by molar-refractivity contribution is -0.138. The summed E-state index contributed by atoms with van der Waals surface area (Å²) in [6.45, 7) is 1.72. The molecule has 0 aliphatic carbocycles. The van der Waals surface area contributed by atoms with E-state index in [9.17, 15) is 31.1 Å². The summed E-state index contributed by atoms with van der Waals surface area (Å²) in [5.74, 6) is -0.512. The smallest absolute Gasteiger partial charge is 0.416 e. The van der Waals surface area contributed by atoms with Crippen LogP contribution in [0, 0.1) is 0 Å². The molecule has 1 atom stereocenters. The van der Waals surface area contributed by atoms with Gasteiger partial charge in [0.1, 0.15) is 0 Å². The third kappa shape index (κ3) is 6.47. The third-order valence-electron chi connectivity index (χ3n) is 6.44. The fraction of sp³-hybridized carbons (Fsp3) is 0.241. The van der Waals surface area contributed by atoms with E-state index in [0.29, 0.717) is 16.8 Å². The summed E-state index contributed by atoms with van der Waals surface area (Å²) in [5.41, 5.74) is 0.251. The van der Waals surface area contributed by atoms with Crippen molar-refractivity contribution in [3.05, 3.63) is 118 Å². The van der Waals surface area contributed by atoms with Gasteiger partial charge in [-0.3, -0.25) is 0 Å². The molecule has 0 saturated carbocycles. The Hall–Kier alpha value is -4.28. The summed E-state index contributed by atoms with van der Waals surface area (Å²) in [6.07, 6.45) is -9.09. The van der Waals surface area contributed by atoms with E-state index in [1.165, 1.54) is 31.4 Å². The van der Waals surface area contributed by atoms with Crippen LogP contribution in [0.4, 0.5) is 26.3 Å². The quantitative estimate of drug-likeness (QED) is 0.264. The summed E-state index contributed by atoms with van der Waals surface area (Å²) in [5, 5.41) is 3.12. The molecule has 1 unspecified atom stereocenters. The summed E-state index contributed by atoms with van der Waals surface area (Å²) >= 11 is 0. The molecule has 11 heteroatoms. The van der Waals surface area contributed by atoms with Crippen molar-refractivity contribution in [3.8, 4) is 0 Å². The van der Waals surface area contributed by atoms with E-state index in [1.807, 2.05) is 30.3 Å². The van der Waals surface area contributed by atoms with Crippen LogP contribution in [0.2, 0.25) is 0 Å². The second kappa shape index (κ2) is 11.4. The lowest BCUT2D eigenvalue weighted by atomic mass is 9.93. The first kappa shape index (κ1) is 28.7. The third-order valence-corrected chi connectivity index (χ3v) is 6.44. The van der Waals surface area contributed by atoms with E-state index in [1.54, 1.807) is 11.8 Å². The van der Waals surface area contributed by atoms with Gasteiger partial charge in [0.05, 0.1) is 42.9 Å². The Labute approximate surface area is 226 Å². The highest BCUT2D eigenvalue weighted by Crippen LogP contribution is 2.36. The highest BCUT2D eigenvalue weighted by atomic mass is 19.4. The van der Waals surface area contributed by atoms with Crippen LogP contribution in [0.3, 0.4) is 0 Å². The molecule has 4 rings (SSSR count). The van der Waals surface area contributed by atoms with E-state index in [0.717, 1.165) is 29.8 Å². The zero-order chi connectivity index (χ0) is 29.1. The number of benzene rings is 3. The predicted molar refractivity (Wildman–Crippen MR) is 137 cm³/mol. The number of guanidine groups is 1. The van der Waals surface area contributed by atoms with Crippen molar-refractivity contribution < 1.29 is 35.9 Å². The lowest BCUT2D eigenvalue weighted by Gasteiger charge is -2.38. The van der Waals surface area contributed by atoms with Crippen LogP contribution in [0.25, 0.3) is 0 Å². The van der Waals surface area contributed by atoms with E-state index < -0.39 is 35.5 Å². The van der Waals surface area contributed by atoms with Gasteiger partial charge in [-0.05, 0) is 47.9 Å². The van der Waals surface area contributed by atoms with E-state index in [4.69, 9.17) is 4.74 Å². The second-order valence-electron chi connectivity index (χ2n) is 9.10. The first-order chi connectivity index (χ1) is 18.9. The first-order valence-corrected chi connectivity index (χ1v) is 12.1. The number of methoxy groups -OCH3 is 1. The molecule has 210 valence electrons. The number of halogens is 6. The molecule has 0 spiro atoms. The van der Waals surface area contributed by atoms with Crippen LogP contribution in [0.5, 0.6) is 0 Å². The van der Waals surface area contributed by atoms with Gasteiger partial charge in [0.2, 0.25) is 0 Å². The van der Waals surface area contributed by atoms with Gasteiger partial charge in [-0.2, -0.15) is 26.3 Å². The molecule has 0 aromatic heterocycles. The lowest BCUT2D eigenvalue weighted by Crippen LogP contribution is -2.48. The topological polar surface area (TPSA) is 53.9 Å². The molecule has 0 fully saturated rings. The van der Waals surface area contributed by atoms with E-state index in [-0.39, 0.29) is 24.6 Å². The molecule has 0 radical (unpaired) electrons. The summed E-state index contributed by atoms with van der Waals surface area (Å²) in [4.78, 5) is 19.1. The number of ether oxygens (including phenoxy) is 1. The molecule has 5 nitrogen and oxygen atoms in total. The van der Waals surface area contributed by atoms with Crippen LogP contribution < -0.4 is 5.32 Å². The van der Waals surface area contributed by atoms with Crippen molar-refractivity contribution in [2.45, 2.75) is 38.4 Å². The molecule has 0 amide bonds. The average molecular weight is 562 g/mol. The van der Waals surface area contributed by atoms with Crippen molar-refractivity contribution in [2.24, 2.45) is 4.99 Å². The highest BCUT2D eigenvalue weighted by Gasteiger charge is 2.37. The Bertz CT molecular complexity index is 1410. The number of alkyl halides is 6. The molecule has 0 bridgehead atoms. The maximum Gasteiger partial charge on any atom is 0.416 e. The Balaban J connectivity index is 1.81. The molecule has 1 aliphatic rings. The molecule has 0 saturated heterocycles. The fourth-order valence-corrected chi connectivity index (χ4v) is 4.39. The first-order valence-electron chi connectivity index (χ1n) is 12.1. The molecule has 3 aromatic rings. The number of nitrogens with one attached hydrogen (secondary N) is 1. The zero-order valence-corrected chi connectivity index (χ0v) is 21.5. The maximum atomic E-state index is 13.4. The largest absolute Gasteiger partial charge is 0.466 e.